The van der Waals surface area contributed by atoms with Crippen LogP contribution in [0.25, 0.3) is 0 Å². The first kappa shape index (κ1) is 11.2. The van der Waals surface area contributed by atoms with Gasteiger partial charge in [-0.3, -0.25) is 9.36 Å². The lowest BCUT2D eigenvalue weighted by atomic mass is 10.1. The molecule has 0 bridgehead atoms. The van der Waals surface area contributed by atoms with Crippen LogP contribution in [0.1, 0.15) is 20.8 Å². The van der Waals surface area contributed by atoms with E-state index in [-0.39, 0.29) is 11.2 Å². The van der Waals surface area contributed by atoms with Crippen molar-refractivity contribution in [3.05, 3.63) is 31.5 Å². The van der Waals surface area contributed by atoms with E-state index in [9.17, 15) is 9.59 Å². The Morgan fingerprint density at radius 2 is 1.79 bits per heavy atom. The zero-order valence-electron chi connectivity index (χ0n) is 8.67. The van der Waals surface area contributed by atoms with Crippen LogP contribution in [0.2, 0.25) is 0 Å². The van der Waals surface area contributed by atoms with Crippen LogP contribution in [0.15, 0.2) is 20.3 Å². The molecule has 0 aromatic carbocycles. The molecule has 0 aliphatic carbocycles. The molecule has 0 aliphatic heterocycles. The average molecular weight is 261 g/mol. The van der Waals surface area contributed by atoms with E-state index in [0.29, 0.717) is 4.47 Å². The maximum absolute atomic E-state index is 11.7. The van der Waals surface area contributed by atoms with E-state index in [2.05, 4.69) is 15.9 Å². The minimum Gasteiger partial charge on any atom is -0.302 e. The SMILES string of the molecule is Cn1cc(Br)c(=O)n(C(C)(C)C)c1=O. The summed E-state index contributed by atoms with van der Waals surface area (Å²) in [4.78, 5) is 23.4. The van der Waals surface area contributed by atoms with Crippen molar-refractivity contribution in [1.29, 1.82) is 0 Å². The molecule has 0 N–H and O–H groups in total. The van der Waals surface area contributed by atoms with Crippen molar-refractivity contribution < 1.29 is 0 Å². The van der Waals surface area contributed by atoms with E-state index < -0.39 is 5.54 Å². The summed E-state index contributed by atoms with van der Waals surface area (Å²) >= 11 is 3.13. The number of rotatable bonds is 0. The number of hydrogen-bond donors (Lipinski definition) is 0. The number of aromatic nitrogens is 2. The van der Waals surface area contributed by atoms with Crippen LogP contribution in [0.5, 0.6) is 0 Å². The van der Waals surface area contributed by atoms with Gasteiger partial charge < -0.3 is 4.57 Å². The first-order chi connectivity index (χ1) is 6.25. The van der Waals surface area contributed by atoms with Gasteiger partial charge in [-0.25, -0.2) is 4.79 Å². The van der Waals surface area contributed by atoms with Crippen LogP contribution in [0, 0.1) is 0 Å². The topological polar surface area (TPSA) is 44.0 Å². The molecule has 1 rings (SSSR count). The van der Waals surface area contributed by atoms with Crippen LogP contribution in [0.4, 0.5) is 0 Å². The third kappa shape index (κ3) is 1.82. The van der Waals surface area contributed by atoms with Crippen LogP contribution in [0.3, 0.4) is 0 Å². The first-order valence-corrected chi connectivity index (χ1v) is 5.03. The molecule has 1 aromatic heterocycles. The normalized spacial score (nSPS) is 11.8. The molecule has 14 heavy (non-hydrogen) atoms. The smallest absolute Gasteiger partial charge is 0.302 e. The second-order valence-electron chi connectivity index (χ2n) is 4.18. The monoisotopic (exact) mass is 260 g/mol. The van der Waals surface area contributed by atoms with E-state index in [1.807, 2.05) is 20.8 Å². The highest BCUT2D eigenvalue weighted by Gasteiger charge is 2.19. The van der Waals surface area contributed by atoms with Gasteiger partial charge in [-0.1, -0.05) is 0 Å². The molecular weight excluding hydrogens is 248 g/mol. The van der Waals surface area contributed by atoms with Gasteiger partial charge >= 0.3 is 5.69 Å². The highest BCUT2D eigenvalue weighted by atomic mass is 79.9. The fourth-order valence-corrected chi connectivity index (χ4v) is 1.71. The van der Waals surface area contributed by atoms with Crippen molar-refractivity contribution >= 4 is 15.9 Å². The third-order valence-electron chi connectivity index (χ3n) is 1.88. The van der Waals surface area contributed by atoms with Crippen molar-refractivity contribution in [2.45, 2.75) is 26.3 Å². The fraction of sp³-hybridized carbons (Fsp3) is 0.556. The molecule has 78 valence electrons. The summed E-state index contributed by atoms with van der Waals surface area (Å²) in [7, 11) is 1.62. The van der Waals surface area contributed by atoms with Gasteiger partial charge in [0.1, 0.15) is 0 Å². The third-order valence-corrected chi connectivity index (χ3v) is 2.42. The van der Waals surface area contributed by atoms with E-state index in [0.717, 1.165) is 0 Å². The van der Waals surface area contributed by atoms with Crippen molar-refractivity contribution in [1.82, 2.24) is 9.13 Å². The minimum absolute atomic E-state index is 0.291. The summed E-state index contributed by atoms with van der Waals surface area (Å²) in [6.07, 6.45) is 1.48. The summed E-state index contributed by atoms with van der Waals surface area (Å²) in [5, 5.41) is 0. The van der Waals surface area contributed by atoms with Crippen molar-refractivity contribution in [3.8, 4) is 0 Å². The van der Waals surface area contributed by atoms with Gasteiger partial charge in [0.15, 0.2) is 0 Å². The Kier molecular flexibility index (Phi) is 2.71. The fourth-order valence-electron chi connectivity index (χ4n) is 1.22. The Balaban J connectivity index is 3.75. The Labute approximate surface area is 90.3 Å². The van der Waals surface area contributed by atoms with E-state index in [4.69, 9.17) is 0 Å². The zero-order valence-corrected chi connectivity index (χ0v) is 10.3. The highest BCUT2D eigenvalue weighted by Crippen LogP contribution is 2.09. The summed E-state index contributed by atoms with van der Waals surface area (Å²) in [5.41, 5.74) is -1.10. The van der Waals surface area contributed by atoms with Gasteiger partial charge in [0.05, 0.1) is 4.47 Å². The standard InChI is InChI=1S/C9H13BrN2O2/c1-9(2,3)12-7(13)6(10)5-11(4)8(12)14/h5H,1-4H3. The number of halogens is 1. The van der Waals surface area contributed by atoms with Gasteiger partial charge in [0.2, 0.25) is 0 Å². The lowest BCUT2D eigenvalue weighted by molar-refractivity contribution is 0.356. The molecule has 0 aliphatic rings. The number of hydrogen-bond acceptors (Lipinski definition) is 2. The maximum Gasteiger partial charge on any atom is 0.331 e. The molecule has 0 unspecified atom stereocenters. The second kappa shape index (κ2) is 3.38. The van der Waals surface area contributed by atoms with Crippen LogP contribution in [-0.4, -0.2) is 9.13 Å². The molecular formula is C9H13BrN2O2. The minimum atomic E-state index is -0.504. The Hall–Kier alpha value is -0.840. The van der Waals surface area contributed by atoms with Gasteiger partial charge in [-0.05, 0) is 36.7 Å². The Bertz CT molecular complexity index is 431. The quantitative estimate of drug-likeness (QED) is 0.701. The maximum atomic E-state index is 11.7. The predicted molar refractivity (Wildman–Crippen MR) is 58.6 cm³/mol. The molecule has 0 saturated carbocycles. The van der Waals surface area contributed by atoms with Gasteiger partial charge in [0.25, 0.3) is 5.56 Å². The average Bonchev–Trinajstić information content (AvgIpc) is 1.98. The summed E-state index contributed by atoms with van der Waals surface area (Å²) in [6, 6.07) is 0. The van der Waals surface area contributed by atoms with Crippen molar-refractivity contribution in [3.63, 3.8) is 0 Å². The predicted octanol–water partition coefficient (Wildman–Crippen LogP) is 1.06. The molecule has 4 nitrogen and oxygen atoms in total. The zero-order chi connectivity index (χ0) is 11.1. The molecule has 0 spiro atoms. The van der Waals surface area contributed by atoms with Gasteiger partial charge in [0, 0.05) is 18.8 Å². The van der Waals surface area contributed by atoms with E-state index >= 15 is 0 Å². The molecule has 0 amide bonds. The molecule has 1 heterocycles. The molecule has 0 fully saturated rings. The largest absolute Gasteiger partial charge is 0.331 e. The lowest BCUT2D eigenvalue weighted by Crippen LogP contribution is -2.47. The summed E-state index contributed by atoms with van der Waals surface area (Å²) in [5.74, 6) is 0. The number of aryl methyl sites for hydroxylation is 1. The van der Waals surface area contributed by atoms with Crippen molar-refractivity contribution in [2.24, 2.45) is 7.05 Å². The van der Waals surface area contributed by atoms with Crippen molar-refractivity contribution in [2.75, 3.05) is 0 Å². The lowest BCUT2D eigenvalue weighted by Gasteiger charge is -2.21. The summed E-state index contributed by atoms with van der Waals surface area (Å²) < 4.78 is 3.02. The second-order valence-corrected chi connectivity index (χ2v) is 5.04. The van der Waals surface area contributed by atoms with E-state index in [1.54, 1.807) is 7.05 Å². The number of nitrogens with zero attached hydrogens (tertiary/aromatic N) is 2. The highest BCUT2D eigenvalue weighted by molar-refractivity contribution is 9.10. The Morgan fingerprint density at radius 3 is 2.21 bits per heavy atom. The molecule has 0 atom stereocenters. The Morgan fingerprint density at radius 1 is 1.29 bits per heavy atom. The van der Waals surface area contributed by atoms with Crippen LogP contribution < -0.4 is 11.2 Å². The molecule has 5 heteroatoms. The molecule has 1 aromatic rings. The van der Waals surface area contributed by atoms with Gasteiger partial charge in [-0.15, -0.1) is 0 Å². The van der Waals surface area contributed by atoms with Gasteiger partial charge in [-0.2, -0.15) is 0 Å². The van der Waals surface area contributed by atoms with Crippen LogP contribution in [-0.2, 0) is 12.6 Å². The first-order valence-electron chi connectivity index (χ1n) is 4.24. The summed E-state index contributed by atoms with van der Waals surface area (Å²) in [6.45, 7) is 5.46. The molecule has 0 radical (unpaired) electrons. The van der Waals surface area contributed by atoms with Crippen LogP contribution >= 0.6 is 15.9 Å². The molecule has 0 saturated heterocycles. The van der Waals surface area contributed by atoms with E-state index in [1.165, 1.54) is 15.3 Å².